The number of rotatable bonds is 4. The number of anilines is 1. The van der Waals surface area contributed by atoms with E-state index in [2.05, 4.69) is 10.0 Å². The van der Waals surface area contributed by atoms with Gasteiger partial charge in [0.2, 0.25) is 10.0 Å². The van der Waals surface area contributed by atoms with E-state index in [4.69, 9.17) is 16.9 Å². The van der Waals surface area contributed by atoms with Crippen molar-refractivity contribution in [2.75, 3.05) is 12.4 Å². The molecular formula is C15H12ClN3O3S. The molecule has 0 aromatic heterocycles. The Morgan fingerprint density at radius 3 is 2.61 bits per heavy atom. The Labute approximate surface area is 138 Å². The summed E-state index contributed by atoms with van der Waals surface area (Å²) in [4.78, 5) is 12.1. The number of halogens is 1. The van der Waals surface area contributed by atoms with Crippen molar-refractivity contribution in [2.24, 2.45) is 0 Å². The first-order chi connectivity index (χ1) is 10.9. The maximum absolute atomic E-state index is 12.2. The zero-order chi connectivity index (χ0) is 17.0. The molecule has 2 rings (SSSR count). The van der Waals surface area contributed by atoms with Crippen LogP contribution in [0.1, 0.15) is 15.9 Å². The van der Waals surface area contributed by atoms with Crippen molar-refractivity contribution in [3.8, 4) is 6.07 Å². The first kappa shape index (κ1) is 17.0. The summed E-state index contributed by atoms with van der Waals surface area (Å²) >= 11 is 5.88. The molecule has 0 bridgehead atoms. The van der Waals surface area contributed by atoms with Crippen LogP contribution in [0.5, 0.6) is 0 Å². The topological polar surface area (TPSA) is 99.1 Å². The molecule has 1 amide bonds. The van der Waals surface area contributed by atoms with Crippen molar-refractivity contribution in [1.82, 2.24) is 4.72 Å². The van der Waals surface area contributed by atoms with Crippen molar-refractivity contribution in [3.63, 3.8) is 0 Å². The highest BCUT2D eigenvalue weighted by Gasteiger charge is 2.18. The number of hydrogen-bond donors (Lipinski definition) is 2. The lowest BCUT2D eigenvalue weighted by molar-refractivity contribution is 0.102. The predicted octanol–water partition coefficient (Wildman–Crippen LogP) is 2.37. The van der Waals surface area contributed by atoms with Crippen LogP contribution in [0, 0.1) is 11.3 Å². The second-order valence-electron chi connectivity index (χ2n) is 4.50. The van der Waals surface area contributed by atoms with E-state index in [1.54, 1.807) is 18.2 Å². The Morgan fingerprint density at radius 1 is 1.22 bits per heavy atom. The van der Waals surface area contributed by atoms with Crippen LogP contribution in [0.3, 0.4) is 0 Å². The number of sulfonamides is 1. The van der Waals surface area contributed by atoms with E-state index in [1.807, 2.05) is 6.07 Å². The van der Waals surface area contributed by atoms with E-state index >= 15 is 0 Å². The summed E-state index contributed by atoms with van der Waals surface area (Å²) in [6.07, 6.45) is 0. The van der Waals surface area contributed by atoms with Crippen molar-refractivity contribution in [3.05, 3.63) is 58.6 Å². The molecule has 0 aliphatic heterocycles. The maximum Gasteiger partial charge on any atom is 0.255 e. The van der Waals surface area contributed by atoms with Gasteiger partial charge in [0.1, 0.15) is 4.90 Å². The molecule has 0 unspecified atom stereocenters. The van der Waals surface area contributed by atoms with Crippen molar-refractivity contribution in [1.29, 1.82) is 5.26 Å². The van der Waals surface area contributed by atoms with Gasteiger partial charge >= 0.3 is 0 Å². The molecular weight excluding hydrogens is 338 g/mol. The summed E-state index contributed by atoms with van der Waals surface area (Å²) in [5, 5.41) is 11.5. The van der Waals surface area contributed by atoms with Gasteiger partial charge in [-0.05, 0) is 43.4 Å². The highest BCUT2D eigenvalue weighted by Crippen LogP contribution is 2.23. The molecule has 2 aromatic carbocycles. The lowest BCUT2D eigenvalue weighted by atomic mass is 10.2. The van der Waals surface area contributed by atoms with E-state index in [-0.39, 0.29) is 15.5 Å². The van der Waals surface area contributed by atoms with E-state index in [0.717, 1.165) is 0 Å². The molecule has 0 heterocycles. The van der Waals surface area contributed by atoms with Gasteiger partial charge in [-0.25, -0.2) is 13.1 Å². The summed E-state index contributed by atoms with van der Waals surface area (Å²) in [5.74, 6) is -0.510. The van der Waals surface area contributed by atoms with Gasteiger partial charge in [-0.15, -0.1) is 0 Å². The first-order valence-electron chi connectivity index (χ1n) is 6.42. The third-order valence-electron chi connectivity index (χ3n) is 3.00. The SMILES string of the molecule is CNS(=O)(=O)c1cc(C(=O)Nc2cccc(C#N)c2)ccc1Cl. The average Bonchev–Trinajstić information content (AvgIpc) is 2.55. The summed E-state index contributed by atoms with van der Waals surface area (Å²) in [6.45, 7) is 0. The number of nitriles is 1. The first-order valence-corrected chi connectivity index (χ1v) is 8.28. The third-order valence-corrected chi connectivity index (χ3v) is 4.90. The fourth-order valence-electron chi connectivity index (χ4n) is 1.83. The van der Waals surface area contributed by atoms with Crippen molar-refractivity contribution >= 4 is 33.2 Å². The Balaban J connectivity index is 2.33. The van der Waals surface area contributed by atoms with E-state index < -0.39 is 15.9 Å². The van der Waals surface area contributed by atoms with E-state index in [0.29, 0.717) is 11.3 Å². The Kier molecular flexibility index (Phi) is 5.01. The molecule has 0 atom stereocenters. The van der Waals surface area contributed by atoms with Crippen LogP contribution in [-0.2, 0) is 10.0 Å². The van der Waals surface area contributed by atoms with Gasteiger partial charge in [0.25, 0.3) is 5.91 Å². The summed E-state index contributed by atoms with van der Waals surface area (Å²) < 4.78 is 25.9. The van der Waals surface area contributed by atoms with Crippen molar-refractivity contribution in [2.45, 2.75) is 4.90 Å². The molecule has 8 heteroatoms. The van der Waals surface area contributed by atoms with Crippen LogP contribution >= 0.6 is 11.6 Å². The zero-order valence-electron chi connectivity index (χ0n) is 12.0. The number of amides is 1. The van der Waals surface area contributed by atoms with Crippen LogP contribution in [0.15, 0.2) is 47.4 Å². The number of nitrogens with zero attached hydrogens (tertiary/aromatic N) is 1. The van der Waals surface area contributed by atoms with Crippen LogP contribution < -0.4 is 10.0 Å². The number of nitrogens with one attached hydrogen (secondary N) is 2. The number of carbonyl (C=O) groups excluding carboxylic acids is 1. The highest BCUT2D eigenvalue weighted by atomic mass is 35.5. The molecule has 0 saturated carbocycles. The summed E-state index contributed by atoms with van der Waals surface area (Å²) in [5.41, 5.74) is 0.963. The molecule has 0 aliphatic carbocycles. The molecule has 23 heavy (non-hydrogen) atoms. The maximum atomic E-state index is 12.2. The number of hydrogen-bond acceptors (Lipinski definition) is 4. The Hall–Kier alpha value is -2.40. The Bertz CT molecular complexity index is 904. The average molecular weight is 350 g/mol. The fraction of sp³-hybridized carbons (Fsp3) is 0.0667. The van der Waals surface area contributed by atoms with E-state index in [9.17, 15) is 13.2 Å². The lowest BCUT2D eigenvalue weighted by Crippen LogP contribution is -2.20. The van der Waals surface area contributed by atoms with Gasteiger partial charge in [0, 0.05) is 11.3 Å². The summed E-state index contributed by atoms with van der Waals surface area (Å²) in [6, 6.07) is 12.3. The monoisotopic (exact) mass is 349 g/mol. The van der Waals surface area contributed by atoms with Gasteiger partial charge in [0.05, 0.1) is 16.7 Å². The quantitative estimate of drug-likeness (QED) is 0.885. The molecule has 2 aromatic rings. The predicted molar refractivity (Wildman–Crippen MR) is 86.8 cm³/mol. The molecule has 2 N–H and O–H groups in total. The van der Waals surface area contributed by atoms with Gasteiger partial charge < -0.3 is 5.32 Å². The van der Waals surface area contributed by atoms with Crippen LogP contribution in [0.4, 0.5) is 5.69 Å². The second kappa shape index (κ2) is 6.79. The molecule has 0 saturated heterocycles. The van der Waals surface area contributed by atoms with Crippen molar-refractivity contribution < 1.29 is 13.2 Å². The summed E-state index contributed by atoms with van der Waals surface area (Å²) in [7, 11) is -2.52. The molecule has 118 valence electrons. The number of benzene rings is 2. The van der Waals surface area contributed by atoms with Gasteiger partial charge in [-0.1, -0.05) is 17.7 Å². The van der Waals surface area contributed by atoms with Gasteiger partial charge in [0.15, 0.2) is 0 Å². The standard InChI is InChI=1S/C15H12ClN3O3S/c1-18-23(21,22)14-8-11(5-6-13(14)16)15(20)19-12-4-2-3-10(7-12)9-17/h2-8,18H,1H3,(H,19,20). The molecule has 0 aliphatic rings. The minimum atomic E-state index is -3.77. The van der Waals surface area contributed by atoms with E-state index in [1.165, 1.54) is 31.3 Å². The smallest absolute Gasteiger partial charge is 0.255 e. The molecule has 0 spiro atoms. The molecule has 6 nitrogen and oxygen atoms in total. The van der Waals surface area contributed by atoms with Crippen LogP contribution in [-0.4, -0.2) is 21.4 Å². The Morgan fingerprint density at radius 2 is 1.96 bits per heavy atom. The number of carbonyl (C=O) groups is 1. The largest absolute Gasteiger partial charge is 0.322 e. The second-order valence-corrected chi connectivity index (χ2v) is 6.76. The third kappa shape index (κ3) is 3.87. The van der Waals surface area contributed by atoms with Gasteiger partial charge in [-0.2, -0.15) is 5.26 Å². The highest BCUT2D eigenvalue weighted by molar-refractivity contribution is 7.89. The van der Waals surface area contributed by atoms with Crippen LogP contribution in [0.2, 0.25) is 5.02 Å². The minimum Gasteiger partial charge on any atom is -0.322 e. The van der Waals surface area contributed by atoms with Crippen LogP contribution in [0.25, 0.3) is 0 Å². The minimum absolute atomic E-state index is 0.0161. The normalized spacial score (nSPS) is 10.8. The fourth-order valence-corrected chi connectivity index (χ4v) is 3.08. The lowest BCUT2D eigenvalue weighted by Gasteiger charge is -2.09. The molecule has 0 radical (unpaired) electrons. The van der Waals surface area contributed by atoms with Gasteiger partial charge in [-0.3, -0.25) is 4.79 Å². The zero-order valence-corrected chi connectivity index (χ0v) is 13.6. The molecule has 0 fully saturated rings.